The van der Waals surface area contributed by atoms with Crippen molar-refractivity contribution in [1.82, 2.24) is 9.88 Å². The molecule has 3 rings (SSSR count). The van der Waals surface area contributed by atoms with Gasteiger partial charge in [0.15, 0.2) is 0 Å². The molecular formula is C22H31ClN2. The topological polar surface area (TPSA) is 19.0 Å². The first-order valence-corrected chi connectivity index (χ1v) is 9.15. The van der Waals surface area contributed by atoms with Crippen molar-refractivity contribution >= 4 is 34.2 Å². The minimum atomic E-state index is 0. The molecule has 2 nitrogen and oxygen atoms in total. The molecule has 0 saturated carbocycles. The first kappa shape index (κ1) is 19.8. The third-order valence-electron chi connectivity index (χ3n) is 5.25. The molecule has 1 heterocycles. The number of benzene rings is 2. The van der Waals surface area contributed by atoms with Crippen LogP contribution in [0.25, 0.3) is 21.8 Å². The van der Waals surface area contributed by atoms with Crippen LogP contribution in [0.5, 0.6) is 0 Å². The number of H-pyrrole nitrogens is 1. The number of nitrogens with zero attached hydrogens (tertiary/aromatic N) is 1. The summed E-state index contributed by atoms with van der Waals surface area (Å²) in [5.41, 5.74) is 6.70. The highest BCUT2D eigenvalue weighted by atomic mass is 35.5. The zero-order valence-electron chi connectivity index (χ0n) is 16.3. The number of hydrogen-bond donors (Lipinski definition) is 1. The van der Waals surface area contributed by atoms with E-state index in [0.717, 1.165) is 13.0 Å². The third-order valence-corrected chi connectivity index (χ3v) is 5.25. The van der Waals surface area contributed by atoms with Gasteiger partial charge < -0.3 is 4.98 Å². The maximum Gasteiger partial charge on any atom is 0.0497 e. The maximum atomic E-state index is 3.65. The van der Waals surface area contributed by atoms with Gasteiger partial charge >= 0.3 is 0 Å². The number of aromatic amines is 1. The van der Waals surface area contributed by atoms with Gasteiger partial charge in [-0.05, 0) is 70.7 Å². The molecule has 3 aromatic rings. The van der Waals surface area contributed by atoms with Crippen molar-refractivity contribution in [1.29, 1.82) is 0 Å². The molecule has 3 heteroatoms. The monoisotopic (exact) mass is 358 g/mol. The van der Waals surface area contributed by atoms with Crippen molar-refractivity contribution in [3.05, 3.63) is 47.0 Å². The minimum absolute atomic E-state index is 0. The fourth-order valence-electron chi connectivity index (χ4n) is 4.00. The van der Waals surface area contributed by atoms with Crippen LogP contribution in [0.4, 0.5) is 0 Å². The van der Waals surface area contributed by atoms with Gasteiger partial charge in [0.25, 0.3) is 0 Å². The Hall–Kier alpha value is -1.51. The second kappa shape index (κ2) is 7.80. The predicted octanol–water partition coefficient (Wildman–Crippen LogP) is 6.02. The molecule has 0 fully saturated rings. The van der Waals surface area contributed by atoms with E-state index in [2.05, 4.69) is 81.8 Å². The summed E-state index contributed by atoms with van der Waals surface area (Å²) >= 11 is 0. The maximum absolute atomic E-state index is 3.65. The van der Waals surface area contributed by atoms with E-state index in [4.69, 9.17) is 0 Å². The molecular weight excluding hydrogens is 328 g/mol. The second-order valence-electron chi connectivity index (χ2n) is 7.59. The van der Waals surface area contributed by atoms with Crippen molar-refractivity contribution in [3.63, 3.8) is 0 Å². The van der Waals surface area contributed by atoms with Gasteiger partial charge in [-0.25, -0.2) is 0 Å². The summed E-state index contributed by atoms with van der Waals surface area (Å²) < 4.78 is 0. The van der Waals surface area contributed by atoms with Gasteiger partial charge in [0.2, 0.25) is 0 Å². The van der Waals surface area contributed by atoms with Gasteiger partial charge in [0.1, 0.15) is 0 Å². The van der Waals surface area contributed by atoms with Crippen molar-refractivity contribution < 1.29 is 0 Å². The van der Waals surface area contributed by atoms with Crippen LogP contribution in [-0.2, 0) is 6.42 Å². The second-order valence-corrected chi connectivity index (χ2v) is 7.59. The summed E-state index contributed by atoms with van der Waals surface area (Å²) in [5.74, 6) is 0. The van der Waals surface area contributed by atoms with E-state index in [-0.39, 0.29) is 12.4 Å². The van der Waals surface area contributed by atoms with Crippen LogP contribution in [0.1, 0.15) is 44.4 Å². The normalized spacial score (nSPS) is 11.9. The molecule has 0 atom stereocenters. The molecule has 0 amide bonds. The van der Waals surface area contributed by atoms with Crippen molar-refractivity contribution in [2.24, 2.45) is 0 Å². The predicted molar refractivity (Wildman–Crippen MR) is 113 cm³/mol. The molecule has 0 aliphatic rings. The lowest BCUT2D eigenvalue weighted by atomic mass is 9.99. The van der Waals surface area contributed by atoms with Gasteiger partial charge in [-0.1, -0.05) is 24.3 Å². The van der Waals surface area contributed by atoms with Crippen LogP contribution < -0.4 is 0 Å². The zero-order valence-corrected chi connectivity index (χ0v) is 17.1. The summed E-state index contributed by atoms with van der Waals surface area (Å²) in [7, 11) is 0. The van der Waals surface area contributed by atoms with Crippen molar-refractivity contribution in [2.45, 2.75) is 60.0 Å². The van der Waals surface area contributed by atoms with Gasteiger partial charge in [0, 0.05) is 40.4 Å². The number of rotatable bonds is 5. The number of fused-ring (bicyclic) bond motifs is 3. The number of halogens is 1. The largest absolute Gasteiger partial charge is 0.354 e. The summed E-state index contributed by atoms with van der Waals surface area (Å²) in [4.78, 5) is 6.22. The van der Waals surface area contributed by atoms with Gasteiger partial charge in [-0.3, -0.25) is 4.90 Å². The van der Waals surface area contributed by atoms with Crippen molar-refractivity contribution in [3.8, 4) is 0 Å². The minimum Gasteiger partial charge on any atom is -0.354 e. The highest BCUT2D eigenvalue weighted by molar-refractivity contribution is 6.11. The fourth-order valence-corrected chi connectivity index (χ4v) is 4.00. The molecule has 1 N–H and O–H groups in total. The van der Waals surface area contributed by atoms with Crippen LogP contribution in [0.3, 0.4) is 0 Å². The average molecular weight is 359 g/mol. The molecule has 0 spiro atoms. The number of aryl methyl sites for hydroxylation is 2. The molecule has 0 aliphatic heterocycles. The summed E-state index contributed by atoms with van der Waals surface area (Å²) in [6.45, 7) is 14.7. The molecule has 0 aliphatic carbocycles. The van der Waals surface area contributed by atoms with Crippen LogP contribution in [0.15, 0.2) is 30.3 Å². The van der Waals surface area contributed by atoms with Crippen LogP contribution in [-0.4, -0.2) is 28.5 Å². The SMILES string of the molecule is Cc1ccc(C)c2c1[nH]c1cccc(CCN(C(C)C)C(C)C)c12.Cl. The highest BCUT2D eigenvalue weighted by Gasteiger charge is 2.16. The lowest BCUT2D eigenvalue weighted by molar-refractivity contribution is 0.177. The van der Waals surface area contributed by atoms with E-state index < -0.39 is 0 Å². The molecule has 1 aromatic heterocycles. The third kappa shape index (κ3) is 3.70. The zero-order chi connectivity index (χ0) is 17.4. The highest BCUT2D eigenvalue weighted by Crippen LogP contribution is 2.33. The molecule has 25 heavy (non-hydrogen) atoms. The van der Waals surface area contributed by atoms with E-state index in [1.54, 1.807) is 0 Å². The Morgan fingerprint density at radius 3 is 2.16 bits per heavy atom. The van der Waals surface area contributed by atoms with E-state index in [1.807, 2.05) is 0 Å². The number of aromatic nitrogens is 1. The van der Waals surface area contributed by atoms with Gasteiger partial charge in [0.05, 0.1) is 0 Å². The quantitative estimate of drug-likeness (QED) is 0.590. The standard InChI is InChI=1S/C22H30N2.ClH/c1-14(2)24(15(3)4)13-12-18-8-7-9-19-21(18)20-16(5)10-11-17(6)22(20)23-19;/h7-11,14-15,23H,12-13H2,1-6H3;1H. The Morgan fingerprint density at radius 2 is 1.52 bits per heavy atom. The molecule has 0 saturated heterocycles. The van der Waals surface area contributed by atoms with E-state index in [1.165, 1.54) is 38.5 Å². The Labute approximate surface area is 158 Å². The van der Waals surface area contributed by atoms with Crippen LogP contribution >= 0.6 is 12.4 Å². The number of nitrogens with one attached hydrogen (secondary N) is 1. The number of hydrogen-bond acceptors (Lipinski definition) is 1. The summed E-state index contributed by atoms with van der Waals surface area (Å²) in [5, 5.41) is 2.82. The van der Waals surface area contributed by atoms with E-state index in [0.29, 0.717) is 12.1 Å². The lowest BCUT2D eigenvalue weighted by Gasteiger charge is -2.30. The Morgan fingerprint density at radius 1 is 0.880 bits per heavy atom. The summed E-state index contributed by atoms with van der Waals surface area (Å²) in [6, 6.07) is 12.3. The van der Waals surface area contributed by atoms with E-state index >= 15 is 0 Å². The molecule has 0 unspecified atom stereocenters. The van der Waals surface area contributed by atoms with Gasteiger partial charge in [-0.2, -0.15) is 0 Å². The molecule has 0 radical (unpaired) electrons. The van der Waals surface area contributed by atoms with E-state index in [9.17, 15) is 0 Å². The van der Waals surface area contributed by atoms with Crippen LogP contribution in [0.2, 0.25) is 0 Å². The molecule has 2 aromatic carbocycles. The summed E-state index contributed by atoms with van der Waals surface area (Å²) in [6.07, 6.45) is 1.09. The fraction of sp³-hybridized carbons (Fsp3) is 0.455. The molecule has 0 bridgehead atoms. The lowest BCUT2D eigenvalue weighted by Crippen LogP contribution is -2.38. The smallest absolute Gasteiger partial charge is 0.0497 e. The average Bonchev–Trinajstić information content (AvgIpc) is 2.92. The Bertz CT molecular complexity index is 853. The van der Waals surface area contributed by atoms with Crippen LogP contribution in [0, 0.1) is 13.8 Å². The first-order valence-electron chi connectivity index (χ1n) is 9.15. The van der Waals surface area contributed by atoms with Crippen molar-refractivity contribution in [2.75, 3.05) is 6.54 Å². The van der Waals surface area contributed by atoms with Gasteiger partial charge in [-0.15, -0.1) is 12.4 Å². The Balaban J connectivity index is 0.00000225. The Kier molecular flexibility index (Phi) is 6.18. The molecule has 136 valence electrons. The first-order chi connectivity index (χ1) is 11.4.